The van der Waals surface area contributed by atoms with Crippen molar-refractivity contribution in [2.75, 3.05) is 6.54 Å². The fraction of sp³-hybridized carbons (Fsp3) is 0.500. The zero-order chi connectivity index (χ0) is 27.8. The molecule has 1 aliphatic carbocycles. The van der Waals surface area contributed by atoms with Crippen molar-refractivity contribution in [2.45, 2.75) is 69.7 Å². The molecule has 1 saturated heterocycles. The maximum absolute atomic E-state index is 14.3. The Labute approximate surface area is 234 Å². The molecule has 1 amide bonds. The van der Waals surface area contributed by atoms with E-state index in [1.807, 2.05) is 44.2 Å². The number of nitrogens with one attached hydrogen (secondary N) is 1. The molecule has 0 radical (unpaired) electrons. The Balaban J connectivity index is 1.87. The Kier molecular flexibility index (Phi) is 8.48. The van der Waals surface area contributed by atoms with Gasteiger partial charge in [-0.25, -0.2) is 13.1 Å². The first-order chi connectivity index (χ1) is 17.8. The molecule has 1 heterocycles. The maximum atomic E-state index is 14.3. The number of likely N-dealkylation sites (tertiary alicyclic amines) is 1. The Morgan fingerprint density at radius 1 is 1.11 bits per heavy atom. The number of carbonyl (C=O) groups is 2. The lowest BCUT2D eigenvalue weighted by Crippen LogP contribution is -2.59. The van der Waals surface area contributed by atoms with Crippen molar-refractivity contribution in [3.05, 3.63) is 69.7 Å². The zero-order valence-corrected chi connectivity index (χ0v) is 24.1. The van der Waals surface area contributed by atoms with Crippen molar-refractivity contribution in [2.24, 2.45) is 11.3 Å². The van der Waals surface area contributed by atoms with Gasteiger partial charge in [0, 0.05) is 28.5 Å². The van der Waals surface area contributed by atoms with Gasteiger partial charge in [-0.15, -0.1) is 0 Å². The van der Waals surface area contributed by atoms with Gasteiger partial charge in [0.15, 0.2) is 0 Å². The van der Waals surface area contributed by atoms with Crippen molar-refractivity contribution in [3.63, 3.8) is 0 Å². The average Bonchev–Trinajstić information content (AvgIpc) is 3.68. The number of piperidine rings is 1. The predicted octanol–water partition coefficient (Wildman–Crippen LogP) is 5.64. The quantitative estimate of drug-likeness (QED) is 0.378. The largest absolute Gasteiger partial charge is 0.481 e. The molecule has 0 aromatic heterocycles. The van der Waals surface area contributed by atoms with Crippen LogP contribution in [0.2, 0.25) is 10.0 Å². The Hall–Kier alpha value is -2.13. The van der Waals surface area contributed by atoms with Gasteiger partial charge in [0.05, 0.1) is 23.1 Å². The number of carboxylic acid groups (broad SMARTS) is 1. The molecule has 38 heavy (non-hydrogen) atoms. The highest BCUT2D eigenvalue weighted by molar-refractivity contribution is 7.90. The summed E-state index contributed by atoms with van der Waals surface area (Å²) in [6.45, 7) is 5.62. The summed E-state index contributed by atoms with van der Waals surface area (Å²) in [4.78, 5) is 28.0. The fourth-order valence-corrected chi connectivity index (χ4v) is 7.32. The van der Waals surface area contributed by atoms with Crippen LogP contribution in [0.1, 0.15) is 69.5 Å². The highest BCUT2D eigenvalue weighted by atomic mass is 35.5. The minimum atomic E-state index is -3.50. The van der Waals surface area contributed by atoms with Crippen LogP contribution in [0.5, 0.6) is 0 Å². The molecule has 2 aromatic rings. The third-order valence-corrected chi connectivity index (χ3v) is 10.1. The number of sulfonamides is 1. The van der Waals surface area contributed by atoms with Crippen LogP contribution in [0.15, 0.2) is 48.5 Å². The second-order valence-corrected chi connectivity index (χ2v) is 14.0. The van der Waals surface area contributed by atoms with Crippen molar-refractivity contribution in [3.8, 4) is 0 Å². The van der Waals surface area contributed by atoms with Gasteiger partial charge in [0.25, 0.3) is 0 Å². The molecule has 7 nitrogen and oxygen atoms in total. The fourth-order valence-electron chi connectivity index (χ4n) is 5.60. The minimum absolute atomic E-state index is 0.0394. The number of amides is 1. The normalized spacial score (nSPS) is 25.0. The lowest BCUT2D eigenvalue weighted by molar-refractivity contribution is -0.161. The van der Waals surface area contributed by atoms with E-state index in [2.05, 4.69) is 4.72 Å². The van der Waals surface area contributed by atoms with E-state index in [0.29, 0.717) is 29.3 Å². The first kappa shape index (κ1) is 28.9. The molecule has 10 heteroatoms. The van der Waals surface area contributed by atoms with Crippen LogP contribution in [-0.4, -0.2) is 48.1 Å². The van der Waals surface area contributed by atoms with Crippen molar-refractivity contribution in [1.82, 2.24) is 9.62 Å². The number of aliphatic carboxylic acids is 1. The van der Waals surface area contributed by atoms with Gasteiger partial charge in [-0.1, -0.05) is 68.2 Å². The lowest BCUT2D eigenvalue weighted by Gasteiger charge is -2.52. The van der Waals surface area contributed by atoms with E-state index in [1.54, 1.807) is 30.0 Å². The molecule has 0 spiro atoms. The van der Waals surface area contributed by atoms with Crippen LogP contribution < -0.4 is 4.72 Å². The number of nitrogens with zero attached hydrogens (tertiary/aromatic N) is 1. The summed E-state index contributed by atoms with van der Waals surface area (Å²) >= 11 is 12.6. The Morgan fingerprint density at radius 3 is 2.32 bits per heavy atom. The standard InChI is InChI=1S/C28H34Cl2N2O5S/c1-17(2)24(16-31-38(36,37)22-11-12-22)32-26(18-7-9-20(29)10-8-18)23(19-5-4-6-21(30)13-19)14-28(3,27(32)35)15-25(33)34/h4-10,13,17,22-24,26,31H,11-12,14-16H2,1-3H3,(H,33,34)/t23-,24-,26-,28-/m1/s1. The van der Waals surface area contributed by atoms with Gasteiger partial charge in [0.2, 0.25) is 15.9 Å². The van der Waals surface area contributed by atoms with E-state index in [9.17, 15) is 23.1 Å². The highest BCUT2D eigenvalue weighted by Crippen LogP contribution is 2.52. The predicted molar refractivity (Wildman–Crippen MR) is 149 cm³/mol. The molecule has 2 N–H and O–H groups in total. The number of carboxylic acids is 1. The number of hydrogen-bond acceptors (Lipinski definition) is 4. The van der Waals surface area contributed by atoms with E-state index in [-0.39, 0.29) is 30.7 Å². The maximum Gasteiger partial charge on any atom is 0.304 e. The smallest absolute Gasteiger partial charge is 0.304 e. The van der Waals surface area contributed by atoms with Crippen LogP contribution in [0, 0.1) is 11.3 Å². The van der Waals surface area contributed by atoms with Gasteiger partial charge in [-0.3, -0.25) is 9.59 Å². The summed E-state index contributed by atoms with van der Waals surface area (Å²) in [7, 11) is -3.50. The first-order valence-electron chi connectivity index (χ1n) is 12.9. The zero-order valence-electron chi connectivity index (χ0n) is 21.7. The van der Waals surface area contributed by atoms with Crippen molar-refractivity contribution >= 4 is 45.1 Å². The van der Waals surface area contributed by atoms with Crippen molar-refractivity contribution < 1.29 is 23.1 Å². The molecule has 1 aliphatic heterocycles. The average molecular weight is 582 g/mol. The highest BCUT2D eigenvalue weighted by Gasteiger charge is 2.53. The Morgan fingerprint density at radius 2 is 1.76 bits per heavy atom. The van der Waals surface area contributed by atoms with Crippen molar-refractivity contribution in [1.29, 1.82) is 0 Å². The molecule has 1 saturated carbocycles. The molecule has 2 aliphatic rings. The lowest BCUT2D eigenvalue weighted by atomic mass is 9.66. The van der Waals surface area contributed by atoms with Crippen LogP contribution >= 0.6 is 23.2 Å². The molecule has 2 aromatic carbocycles. The second kappa shape index (κ2) is 11.2. The summed E-state index contributed by atoms with van der Waals surface area (Å²) in [5, 5.41) is 10.5. The molecular formula is C28H34Cl2N2O5S. The SMILES string of the molecule is CC(C)[C@@H](CNS(=O)(=O)C1CC1)N1C(=O)[C@@](C)(CC(=O)O)C[C@H](c2cccc(Cl)c2)[C@H]1c1ccc(Cl)cc1. The number of carbonyl (C=O) groups excluding carboxylic acids is 1. The third-order valence-electron chi connectivity index (χ3n) is 7.72. The number of halogens is 2. The van der Waals surface area contributed by atoms with E-state index < -0.39 is 38.7 Å². The van der Waals surface area contributed by atoms with Gasteiger partial charge in [-0.05, 0) is 60.6 Å². The van der Waals surface area contributed by atoms with Crippen LogP contribution in [0.4, 0.5) is 0 Å². The van der Waals surface area contributed by atoms with E-state index in [1.165, 1.54) is 0 Å². The number of rotatable bonds is 10. The molecular weight excluding hydrogens is 547 g/mol. The number of benzene rings is 2. The summed E-state index contributed by atoms with van der Waals surface area (Å²) < 4.78 is 28.2. The minimum Gasteiger partial charge on any atom is -0.481 e. The second-order valence-electron chi connectivity index (χ2n) is 11.1. The topological polar surface area (TPSA) is 104 Å². The summed E-state index contributed by atoms with van der Waals surface area (Å²) in [6.07, 6.45) is 1.21. The van der Waals surface area contributed by atoms with E-state index >= 15 is 0 Å². The Bertz CT molecular complexity index is 1300. The monoisotopic (exact) mass is 580 g/mol. The summed E-state index contributed by atoms with van der Waals surface area (Å²) in [6, 6.07) is 13.7. The van der Waals surface area contributed by atoms with Gasteiger partial charge < -0.3 is 10.0 Å². The van der Waals surface area contributed by atoms with Gasteiger partial charge in [0.1, 0.15) is 0 Å². The molecule has 4 rings (SSSR count). The molecule has 2 fully saturated rings. The molecule has 0 unspecified atom stereocenters. The van der Waals surface area contributed by atoms with Crippen LogP contribution in [0.3, 0.4) is 0 Å². The first-order valence-corrected chi connectivity index (χ1v) is 15.2. The van der Waals surface area contributed by atoms with E-state index in [4.69, 9.17) is 23.2 Å². The van der Waals surface area contributed by atoms with E-state index in [0.717, 1.165) is 11.1 Å². The molecule has 0 bridgehead atoms. The third kappa shape index (κ3) is 6.19. The van der Waals surface area contributed by atoms with Crippen LogP contribution in [-0.2, 0) is 19.6 Å². The van der Waals surface area contributed by atoms with Gasteiger partial charge in [-0.2, -0.15) is 0 Å². The molecule has 206 valence electrons. The molecule has 4 atom stereocenters. The van der Waals surface area contributed by atoms with Crippen LogP contribution in [0.25, 0.3) is 0 Å². The van der Waals surface area contributed by atoms with Gasteiger partial charge >= 0.3 is 5.97 Å². The summed E-state index contributed by atoms with van der Waals surface area (Å²) in [5.74, 6) is -1.78. The summed E-state index contributed by atoms with van der Waals surface area (Å²) in [5.41, 5.74) is 0.512. The number of hydrogen-bond donors (Lipinski definition) is 2.